The number of hydrogen-bond donors (Lipinski definition) is 0. The molecule has 4 nitrogen and oxygen atoms in total. The summed E-state index contributed by atoms with van der Waals surface area (Å²) in [5, 5.41) is 7.74. The Balaban J connectivity index is 3.77. The third kappa shape index (κ3) is 2.44. The topological polar surface area (TPSA) is 67.2 Å². The highest BCUT2D eigenvalue weighted by molar-refractivity contribution is 6.33. The minimum absolute atomic E-state index is 0.0700. The van der Waals surface area contributed by atoms with E-state index in [1.165, 1.54) is 6.92 Å². The highest BCUT2D eigenvalue weighted by Gasteiger charge is 2.11. The molecule has 0 rings (SSSR count). The number of Topliss-reactive ketones (excluding diaryl/α,β-unsaturated/α-hetero) is 1. The van der Waals surface area contributed by atoms with Crippen molar-refractivity contribution in [3.63, 3.8) is 0 Å². The van der Waals surface area contributed by atoms with Crippen LogP contribution in [-0.2, 0) is 14.3 Å². The van der Waals surface area contributed by atoms with Crippen LogP contribution in [0.2, 0.25) is 0 Å². The summed E-state index contributed by atoms with van der Waals surface area (Å²) in [6.07, 6.45) is 1.18. The summed E-state index contributed by atoms with van der Waals surface area (Å²) < 4.78 is 3.71. The van der Waals surface area contributed by atoms with Gasteiger partial charge in [0.05, 0.1) is 0 Å². The molecule has 0 radical (unpaired) electrons. The van der Waals surface area contributed by atoms with Crippen molar-refractivity contribution in [3.8, 4) is 6.26 Å². The smallest absolute Gasteiger partial charge is 0.345 e. The molecule has 0 aliphatic rings. The molecule has 0 aliphatic carbocycles. The van der Waals surface area contributed by atoms with Gasteiger partial charge in [0.25, 0.3) is 6.26 Å². The molecule has 0 saturated carbocycles. The van der Waals surface area contributed by atoms with Gasteiger partial charge in [-0.3, -0.25) is 4.79 Å². The van der Waals surface area contributed by atoms with Crippen molar-refractivity contribution in [1.82, 2.24) is 0 Å². The Morgan fingerprint density at radius 1 is 1.67 bits per heavy atom. The molecule has 0 amide bonds. The van der Waals surface area contributed by atoms with Crippen molar-refractivity contribution >= 4 is 11.8 Å². The van der Waals surface area contributed by atoms with Gasteiger partial charge in [-0.1, -0.05) is 6.92 Å². The molecule has 9 heavy (non-hydrogen) atoms. The molecule has 0 aromatic carbocycles. The van der Waals surface area contributed by atoms with Crippen molar-refractivity contribution < 1.29 is 14.3 Å². The number of ketones is 1. The Kier molecular flexibility index (Phi) is 3.06. The van der Waals surface area contributed by atoms with Gasteiger partial charge in [-0.25, -0.2) is 4.79 Å². The van der Waals surface area contributed by atoms with Gasteiger partial charge in [0.2, 0.25) is 5.78 Å². The maximum absolute atomic E-state index is 10.3. The zero-order valence-electron chi connectivity index (χ0n) is 4.88. The molecule has 0 unspecified atom stereocenters. The molecule has 0 aromatic rings. The second-order valence-electron chi connectivity index (χ2n) is 1.26. The zero-order valence-corrected chi connectivity index (χ0v) is 4.88. The van der Waals surface area contributed by atoms with Gasteiger partial charge >= 0.3 is 5.97 Å². The van der Waals surface area contributed by atoms with E-state index in [0.717, 1.165) is 6.26 Å². The molecule has 48 valence electrons. The molecule has 0 heterocycles. The normalized spacial score (nSPS) is 7.56. The van der Waals surface area contributed by atoms with Crippen LogP contribution in [0.3, 0.4) is 0 Å². The number of esters is 1. The first-order valence-corrected chi connectivity index (χ1v) is 2.35. The molecular weight excluding hydrogens is 122 g/mol. The number of carbonyl (C=O) groups excluding carboxylic acids is 2. The molecule has 0 N–H and O–H groups in total. The average Bonchev–Trinajstić information content (AvgIpc) is 1.87. The molecule has 0 spiro atoms. The minimum atomic E-state index is -1.08. The fourth-order valence-corrected chi connectivity index (χ4v) is 0.243. The zero-order chi connectivity index (χ0) is 7.28. The van der Waals surface area contributed by atoms with E-state index >= 15 is 0 Å². The fraction of sp³-hybridized carbons (Fsp3) is 0.400. The number of carbonyl (C=O) groups is 2. The van der Waals surface area contributed by atoms with Crippen LogP contribution in [0.15, 0.2) is 0 Å². The Hall–Kier alpha value is -1.37. The molecule has 0 aliphatic heterocycles. The maximum atomic E-state index is 10.3. The standard InChI is InChI=1S/C5H5NO3/c1-2-4(7)5(8)9-3-6/h2H2,1H3. The summed E-state index contributed by atoms with van der Waals surface area (Å²) in [5.74, 6) is -1.77. The van der Waals surface area contributed by atoms with Gasteiger partial charge in [-0.05, 0) is 0 Å². The lowest BCUT2D eigenvalue weighted by Crippen LogP contribution is -2.13. The van der Waals surface area contributed by atoms with E-state index in [9.17, 15) is 9.59 Å². The first-order valence-electron chi connectivity index (χ1n) is 2.35. The Morgan fingerprint density at radius 2 is 2.22 bits per heavy atom. The maximum Gasteiger partial charge on any atom is 0.389 e. The number of ether oxygens (including phenoxy) is 1. The van der Waals surface area contributed by atoms with Gasteiger partial charge in [0.15, 0.2) is 0 Å². The van der Waals surface area contributed by atoms with E-state index in [1.54, 1.807) is 0 Å². The highest BCUT2D eigenvalue weighted by Crippen LogP contribution is 1.83. The largest absolute Gasteiger partial charge is 0.389 e. The lowest BCUT2D eigenvalue weighted by Gasteiger charge is -1.87. The van der Waals surface area contributed by atoms with Gasteiger partial charge < -0.3 is 4.74 Å². The summed E-state index contributed by atoms with van der Waals surface area (Å²) in [4.78, 5) is 20.5. The summed E-state index contributed by atoms with van der Waals surface area (Å²) in [6.45, 7) is 1.51. The molecule has 0 bridgehead atoms. The number of hydrogen-bond acceptors (Lipinski definition) is 4. The third-order valence-corrected chi connectivity index (χ3v) is 0.687. The lowest BCUT2D eigenvalue weighted by molar-refractivity contribution is -0.148. The van der Waals surface area contributed by atoms with Crippen LogP contribution in [0.1, 0.15) is 13.3 Å². The van der Waals surface area contributed by atoms with Crippen LogP contribution in [0.4, 0.5) is 0 Å². The van der Waals surface area contributed by atoms with Crippen LogP contribution in [-0.4, -0.2) is 11.8 Å². The van der Waals surface area contributed by atoms with E-state index in [2.05, 4.69) is 4.74 Å². The van der Waals surface area contributed by atoms with Crippen LogP contribution >= 0.6 is 0 Å². The molecular formula is C5H5NO3. The van der Waals surface area contributed by atoms with Crippen LogP contribution in [0.5, 0.6) is 0 Å². The van der Waals surface area contributed by atoms with E-state index in [0.29, 0.717) is 0 Å². The van der Waals surface area contributed by atoms with E-state index in [-0.39, 0.29) is 6.42 Å². The molecule has 0 saturated heterocycles. The van der Waals surface area contributed by atoms with Gasteiger partial charge in [0, 0.05) is 6.42 Å². The van der Waals surface area contributed by atoms with Crippen molar-refractivity contribution in [2.75, 3.05) is 0 Å². The van der Waals surface area contributed by atoms with Crippen molar-refractivity contribution in [3.05, 3.63) is 0 Å². The lowest BCUT2D eigenvalue weighted by atomic mass is 10.3. The van der Waals surface area contributed by atoms with E-state index in [1.807, 2.05) is 0 Å². The van der Waals surface area contributed by atoms with Gasteiger partial charge in [-0.2, -0.15) is 0 Å². The summed E-state index contributed by atoms with van der Waals surface area (Å²) in [6, 6.07) is 0. The number of nitriles is 1. The van der Waals surface area contributed by atoms with E-state index in [4.69, 9.17) is 5.26 Å². The second kappa shape index (κ2) is 3.61. The number of rotatable bonds is 2. The van der Waals surface area contributed by atoms with Crippen LogP contribution in [0.25, 0.3) is 0 Å². The minimum Gasteiger partial charge on any atom is -0.345 e. The summed E-state index contributed by atoms with van der Waals surface area (Å²) in [7, 11) is 0. The summed E-state index contributed by atoms with van der Waals surface area (Å²) >= 11 is 0. The van der Waals surface area contributed by atoms with Crippen LogP contribution in [0, 0.1) is 11.5 Å². The predicted molar refractivity (Wildman–Crippen MR) is 27.0 cm³/mol. The molecule has 0 atom stereocenters. The number of nitrogens with zero attached hydrogens (tertiary/aromatic N) is 1. The van der Waals surface area contributed by atoms with Crippen molar-refractivity contribution in [1.29, 1.82) is 5.26 Å². The average molecular weight is 127 g/mol. The van der Waals surface area contributed by atoms with E-state index < -0.39 is 11.8 Å². The van der Waals surface area contributed by atoms with Gasteiger partial charge in [0.1, 0.15) is 0 Å². The Labute approximate surface area is 52.0 Å². The van der Waals surface area contributed by atoms with Crippen molar-refractivity contribution in [2.45, 2.75) is 13.3 Å². The SMILES string of the molecule is CCC(=O)C(=O)OC#N. The van der Waals surface area contributed by atoms with Crippen LogP contribution < -0.4 is 0 Å². The Morgan fingerprint density at radius 3 is 2.56 bits per heavy atom. The molecule has 0 aromatic heterocycles. The monoisotopic (exact) mass is 127 g/mol. The molecule has 4 heteroatoms. The first kappa shape index (κ1) is 7.63. The molecule has 0 fully saturated rings. The fourth-order valence-electron chi connectivity index (χ4n) is 0.243. The highest BCUT2D eigenvalue weighted by atomic mass is 16.5. The quantitative estimate of drug-likeness (QED) is 0.297. The Bertz CT molecular complexity index is 168. The van der Waals surface area contributed by atoms with Crippen molar-refractivity contribution in [2.24, 2.45) is 0 Å². The third-order valence-electron chi connectivity index (χ3n) is 0.687. The predicted octanol–water partition coefficient (Wildman–Crippen LogP) is -0.0102. The first-order chi connectivity index (χ1) is 4.22. The second-order valence-corrected chi connectivity index (χ2v) is 1.26. The van der Waals surface area contributed by atoms with Gasteiger partial charge in [-0.15, -0.1) is 5.26 Å². The summed E-state index contributed by atoms with van der Waals surface area (Å²) in [5.41, 5.74) is 0.